The Morgan fingerprint density at radius 2 is 2.05 bits per heavy atom. The highest BCUT2D eigenvalue weighted by Crippen LogP contribution is 2.25. The molecule has 0 unspecified atom stereocenters. The fourth-order valence-electron chi connectivity index (χ4n) is 2.19. The third-order valence-corrected chi connectivity index (χ3v) is 5.02. The fraction of sp³-hybridized carbons (Fsp3) is 0.308. The molecule has 1 aromatic heterocycles. The maximum atomic E-state index is 12.5. The average Bonchev–Trinajstić information content (AvgIpc) is 3.02. The van der Waals surface area contributed by atoms with Gasteiger partial charge in [-0.15, -0.1) is 0 Å². The number of hydrogen-bond acceptors (Lipinski definition) is 4. The Hall–Kier alpha value is -1.61. The summed E-state index contributed by atoms with van der Waals surface area (Å²) >= 11 is 5.99. The Kier molecular flexibility index (Phi) is 4.34. The fourth-order valence-corrected chi connectivity index (χ4v) is 3.56. The summed E-state index contributed by atoms with van der Waals surface area (Å²) in [4.78, 5) is 0. The van der Waals surface area contributed by atoms with E-state index in [0.717, 1.165) is 0 Å². The van der Waals surface area contributed by atoms with Gasteiger partial charge in [-0.1, -0.05) is 11.6 Å². The summed E-state index contributed by atoms with van der Waals surface area (Å²) in [5.41, 5.74) is 0.980. The highest BCUT2D eigenvalue weighted by atomic mass is 35.5. The van der Waals surface area contributed by atoms with Crippen LogP contribution in [0.2, 0.25) is 5.02 Å². The number of ether oxygens (including phenoxy) is 1. The van der Waals surface area contributed by atoms with Crippen LogP contribution in [0.25, 0.3) is 5.69 Å². The van der Waals surface area contributed by atoms with E-state index in [4.69, 9.17) is 16.3 Å². The minimum Gasteiger partial charge on any atom is -0.379 e. The normalized spacial score (nSPS) is 16.6. The molecule has 1 aromatic carbocycles. The Labute approximate surface area is 133 Å². The molecule has 0 saturated carbocycles. The number of nitrogens with one attached hydrogen (secondary N) is 1. The summed E-state index contributed by atoms with van der Waals surface area (Å²) in [6.07, 6.45) is 3.35. The summed E-state index contributed by atoms with van der Waals surface area (Å²) in [5.74, 6) is 0. The number of benzene rings is 1. The van der Waals surface area contributed by atoms with Crippen molar-refractivity contribution in [2.45, 2.75) is 0 Å². The first kappa shape index (κ1) is 15.3. The predicted octanol–water partition coefficient (Wildman–Crippen LogP) is 1.51. The van der Waals surface area contributed by atoms with Crippen LogP contribution >= 0.6 is 11.6 Å². The van der Waals surface area contributed by atoms with Crippen LogP contribution in [-0.4, -0.2) is 48.8 Å². The van der Waals surface area contributed by atoms with Crippen molar-refractivity contribution < 1.29 is 13.2 Å². The van der Waals surface area contributed by atoms with Gasteiger partial charge in [0.2, 0.25) is 0 Å². The molecular formula is C13H15ClN4O3S. The van der Waals surface area contributed by atoms with Gasteiger partial charge in [0.1, 0.15) is 0 Å². The van der Waals surface area contributed by atoms with Crippen molar-refractivity contribution in [3.05, 3.63) is 41.7 Å². The molecule has 1 N–H and O–H groups in total. The van der Waals surface area contributed by atoms with Gasteiger partial charge < -0.3 is 4.74 Å². The smallest absolute Gasteiger partial charge is 0.301 e. The largest absolute Gasteiger partial charge is 0.379 e. The number of anilines is 1. The second-order valence-corrected chi connectivity index (χ2v) is 6.84. The maximum Gasteiger partial charge on any atom is 0.301 e. The molecule has 1 fully saturated rings. The van der Waals surface area contributed by atoms with E-state index in [-0.39, 0.29) is 0 Å². The molecule has 3 rings (SSSR count). The van der Waals surface area contributed by atoms with E-state index in [0.29, 0.717) is 42.7 Å². The van der Waals surface area contributed by atoms with Crippen molar-refractivity contribution in [1.82, 2.24) is 14.1 Å². The molecule has 0 bridgehead atoms. The lowest BCUT2D eigenvalue weighted by Gasteiger charge is -2.26. The SMILES string of the molecule is O=S(=O)(Nc1cc(Cl)ccc1-n1cccn1)N1CCOCC1. The molecule has 0 spiro atoms. The van der Waals surface area contributed by atoms with Crippen molar-refractivity contribution in [3.63, 3.8) is 0 Å². The van der Waals surface area contributed by atoms with Gasteiger partial charge in [-0.05, 0) is 24.3 Å². The number of morpholine rings is 1. The van der Waals surface area contributed by atoms with Crippen LogP contribution in [0.3, 0.4) is 0 Å². The molecule has 118 valence electrons. The standard InChI is InChI=1S/C13H15ClN4O3S/c14-11-2-3-13(18-5-1-4-15-18)12(10-11)16-22(19,20)17-6-8-21-9-7-17/h1-5,10,16H,6-9H2. The van der Waals surface area contributed by atoms with E-state index < -0.39 is 10.2 Å². The second kappa shape index (κ2) is 6.25. The topological polar surface area (TPSA) is 76.5 Å². The zero-order valence-corrected chi connectivity index (χ0v) is 13.2. The average molecular weight is 343 g/mol. The number of hydrogen-bond donors (Lipinski definition) is 1. The number of rotatable bonds is 4. The minimum absolute atomic E-state index is 0.326. The van der Waals surface area contributed by atoms with E-state index in [1.807, 2.05) is 0 Å². The van der Waals surface area contributed by atoms with Gasteiger partial charge in [0.05, 0.1) is 24.6 Å². The van der Waals surface area contributed by atoms with Gasteiger partial charge in [0.25, 0.3) is 0 Å². The zero-order valence-electron chi connectivity index (χ0n) is 11.6. The first-order chi connectivity index (χ1) is 10.6. The van der Waals surface area contributed by atoms with Crippen LogP contribution in [0.4, 0.5) is 5.69 Å². The molecule has 1 saturated heterocycles. The van der Waals surface area contributed by atoms with E-state index in [9.17, 15) is 8.42 Å². The lowest BCUT2D eigenvalue weighted by Crippen LogP contribution is -2.43. The third-order valence-electron chi connectivity index (χ3n) is 3.26. The molecule has 0 aliphatic carbocycles. The molecule has 0 atom stereocenters. The molecule has 2 aromatic rings. The number of aromatic nitrogens is 2. The number of nitrogens with zero attached hydrogens (tertiary/aromatic N) is 3. The van der Waals surface area contributed by atoms with E-state index in [1.54, 1.807) is 41.3 Å². The zero-order chi connectivity index (χ0) is 15.6. The first-order valence-electron chi connectivity index (χ1n) is 6.71. The molecule has 0 amide bonds. The Morgan fingerprint density at radius 3 is 2.73 bits per heavy atom. The molecule has 22 heavy (non-hydrogen) atoms. The molecule has 1 aliphatic heterocycles. The summed E-state index contributed by atoms with van der Waals surface area (Å²) in [6, 6.07) is 6.73. The van der Waals surface area contributed by atoms with Crippen molar-refractivity contribution in [1.29, 1.82) is 0 Å². The Balaban J connectivity index is 1.92. The van der Waals surface area contributed by atoms with Gasteiger partial charge in [-0.25, -0.2) is 4.68 Å². The van der Waals surface area contributed by atoms with Crippen molar-refractivity contribution in [3.8, 4) is 5.69 Å². The predicted molar refractivity (Wildman–Crippen MR) is 83.5 cm³/mol. The van der Waals surface area contributed by atoms with Crippen molar-refractivity contribution in [2.75, 3.05) is 31.0 Å². The van der Waals surface area contributed by atoms with Crippen LogP contribution in [-0.2, 0) is 14.9 Å². The summed E-state index contributed by atoms with van der Waals surface area (Å²) < 4.78 is 35.6. The van der Waals surface area contributed by atoms with E-state index in [2.05, 4.69) is 9.82 Å². The summed E-state index contributed by atoms with van der Waals surface area (Å²) in [7, 11) is -3.66. The van der Waals surface area contributed by atoms with Crippen LogP contribution in [0, 0.1) is 0 Å². The van der Waals surface area contributed by atoms with E-state index in [1.165, 1.54) is 4.31 Å². The Bertz CT molecular complexity index is 743. The van der Waals surface area contributed by atoms with Gasteiger partial charge in [-0.3, -0.25) is 4.72 Å². The molecule has 9 heteroatoms. The molecule has 2 heterocycles. The molecule has 1 aliphatic rings. The highest BCUT2D eigenvalue weighted by Gasteiger charge is 2.25. The van der Waals surface area contributed by atoms with Crippen molar-refractivity contribution >= 4 is 27.5 Å². The van der Waals surface area contributed by atoms with Crippen molar-refractivity contribution in [2.24, 2.45) is 0 Å². The second-order valence-electron chi connectivity index (χ2n) is 4.73. The van der Waals surface area contributed by atoms with Gasteiger partial charge >= 0.3 is 10.2 Å². The highest BCUT2D eigenvalue weighted by molar-refractivity contribution is 7.90. The summed E-state index contributed by atoms with van der Waals surface area (Å²) in [5, 5.41) is 4.56. The van der Waals surface area contributed by atoms with Crippen LogP contribution in [0.5, 0.6) is 0 Å². The minimum atomic E-state index is -3.66. The van der Waals surface area contributed by atoms with Gasteiger partial charge in [0, 0.05) is 30.5 Å². The lowest BCUT2D eigenvalue weighted by molar-refractivity contribution is 0.0733. The quantitative estimate of drug-likeness (QED) is 0.913. The lowest BCUT2D eigenvalue weighted by atomic mass is 10.3. The maximum absolute atomic E-state index is 12.5. The van der Waals surface area contributed by atoms with Gasteiger partial charge in [-0.2, -0.15) is 17.8 Å². The van der Waals surface area contributed by atoms with E-state index >= 15 is 0 Å². The Morgan fingerprint density at radius 1 is 1.27 bits per heavy atom. The molecule has 0 radical (unpaired) electrons. The molecule has 7 nitrogen and oxygen atoms in total. The van der Waals surface area contributed by atoms with Crippen LogP contribution in [0.1, 0.15) is 0 Å². The summed E-state index contributed by atoms with van der Waals surface area (Å²) in [6.45, 7) is 1.44. The monoisotopic (exact) mass is 342 g/mol. The molecular weight excluding hydrogens is 328 g/mol. The third kappa shape index (κ3) is 3.25. The van der Waals surface area contributed by atoms with Crippen LogP contribution < -0.4 is 4.72 Å². The van der Waals surface area contributed by atoms with Gasteiger partial charge in [0.15, 0.2) is 0 Å². The number of halogens is 1. The van der Waals surface area contributed by atoms with Crippen LogP contribution in [0.15, 0.2) is 36.7 Å². The first-order valence-corrected chi connectivity index (χ1v) is 8.53.